The molecule has 0 aromatic carbocycles. The molecule has 0 bridgehead atoms. The number of amides is 2. The Kier molecular flexibility index (Phi) is 5.91. The minimum atomic E-state index is -0.819. The van der Waals surface area contributed by atoms with Crippen LogP contribution in [0.1, 0.15) is 19.8 Å². The third-order valence-electron chi connectivity index (χ3n) is 3.11. The highest BCUT2D eigenvalue weighted by Crippen LogP contribution is 2.16. The number of hydrogen-bond acceptors (Lipinski definition) is 3. The first-order chi connectivity index (χ1) is 8.54. The first kappa shape index (κ1) is 14.8. The van der Waals surface area contributed by atoms with Crippen molar-refractivity contribution in [3.8, 4) is 0 Å². The van der Waals surface area contributed by atoms with E-state index in [-0.39, 0.29) is 11.9 Å². The first-order valence-corrected chi connectivity index (χ1v) is 6.29. The number of piperidine rings is 1. The largest absolute Gasteiger partial charge is 0.481 e. The van der Waals surface area contributed by atoms with Crippen LogP contribution < -0.4 is 5.32 Å². The molecule has 2 amide bonds. The second-order valence-corrected chi connectivity index (χ2v) is 4.87. The van der Waals surface area contributed by atoms with E-state index >= 15 is 0 Å². The number of urea groups is 1. The summed E-state index contributed by atoms with van der Waals surface area (Å²) in [5, 5.41) is 11.8. The van der Waals surface area contributed by atoms with Gasteiger partial charge in [-0.05, 0) is 18.8 Å². The number of hydrogen-bond donors (Lipinski definition) is 2. The lowest BCUT2D eigenvalue weighted by Crippen LogP contribution is -2.48. The van der Waals surface area contributed by atoms with E-state index < -0.39 is 11.9 Å². The second-order valence-electron chi connectivity index (χ2n) is 4.87. The van der Waals surface area contributed by atoms with Crippen molar-refractivity contribution in [2.24, 2.45) is 11.8 Å². The molecule has 2 N–H and O–H groups in total. The third kappa shape index (κ3) is 4.52. The van der Waals surface area contributed by atoms with Crippen LogP contribution in [0.3, 0.4) is 0 Å². The van der Waals surface area contributed by atoms with Crippen LogP contribution in [0.5, 0.6) is 0 Å². The number of carbonyl (C=O) groups excluding carboxylic acids is 1. The SMILES string of the molecule is COCC(C)CNC(=O)N1CCC[C@H](C(=O)O)C1. The number of carboxylic acids is 1. The van der Waals surface area contributed by atoms with Crippen LogP contribution >= 0.6 is 0 Å². The molecule has 1 aliphatic heterocycles. The fourth-order valence-corrected chi connectivity index (χ4v) is 2.08. The van der Waals surface area contributed by atoms with Crippen LogP contribution in [-0.2, 0) is 9.53 Å². The molecule has 0 aromatic heterocycles. The Morgan fingerprint density at radius 1 is 1.56 bits per heavy atom. The predicted molar refractivity (Wildman–Crippen MR) is 66.4 cm³/mol. The molecule has 6 nitrogen and oxygen atoms in total. The highest BCUT2D eigenvalue weighted by Gasteiger charge is 2.27. The van der Waals surface area contributed by atoms with E-state index in [2.05, 4.69) is 5.32 Å². The average Bonchev–Trinajstić information content (AvgIpc) is 2.36. The normalized spacial score (nSPS) is 21.4. The molecule has 1 saturated heterocycles. The Morgan fingerprint density at radius 3 is 2.89 bits per heavy atom. The number of nitrogens with one attached hydrogen (secondary N) is 1. The molecule has 0 spiro atoms. The van der Waals surface area contributed by atoms with Gasteiger partial charge in [-0.3, -0.25) is 4.79 Å². The predicted octanol–water partition coefficient (Wildman–Crippen LogP) is 0.775. The third-order valence-corrected chi connectivity index (χ3v) is 3.11. The van der Waals surface area contributed by atoms with Gasteiger partial charge >= 0.3 is 12.0 Å². The lowest BCUT2D eigenvalue weighted by molar-refractivity contribution is -0.143. The first-order valence-electron chi connectivity index (χ1n) is 6.29. The van der Waals surface area contributed by atoms with Gasteiger partial charge in [0.2, 0.25) is 0 Å². The average molecular weight is 258 g/mol. The Morgan fingerprint density at radius 2 is 2.28 bits per heavy atom. The fourth-order valence-electron chi connectivity index (χ4n) is 2.08. The lowest BCUT2D eigenvalue weighted by atomic mass is 9.99. The van der Waals surface area contributed by atoms with Gasteiger partial charge in [0, 0.05) is 26.7 Å². The number of methoxy groups -OCH3 is 1. The summed E-state index contributed by atoms with van der Waals surface area (Å²) in [7, 11) is 1.63. The summed E-state index contributed by atoms with van der Waals surface area (Å²) >= 11 is 0. The van der Waals surface area contributed by atoms with Gasteiger partial charge in [-0.2, -0.15) is 0 Å². The molecule has 1 fully saturated rings. The highest BCUT2D eigenvalue weighted by atomic mass is 16.5. The van der Waals surface area contributed by atoms with Crippen LogP contribution in [-0.4, -0.2) is 55.4 Å². The van der Waals surface area contributed by atoms with Crippen molar-refractivity contribution >= 4 is 12.0 Å². The molecule has 1 unspecified atom stereocenters. The van der Waals surface area contributed by atoms with Crippen molar-refractivity contribution in [2.45, 2.75) is 19.8 Å². The van der Waals surface area contributed by atoms with Crippen LogP contribution in [0.2, 0.25) is 0 Å². The van der Waals surface area contributed by atoms with Crippen molar-refractivity contribution in [3.63, 3.8) is 0 Å². The van der Waals surface area contributed by atoms with Crippen molar-refractivity contribution in [3.05, 3.63) is 0 Å². The van der Waals surface area contributed by atoms with E-state index in [9.17, 15) is 9.59 Å². The van der Waals surface area contributed by atoms with Crippen molar-refractivity contribution in [1.82, 2.24) is 10.2 Å². The van der Waals surface area contributed by atoms with E-state index in [0.717, 1.165) is 6.42 Å². The molecule has 104 valence electrons. The molecule has 0 aromatic rings. The smallest absolute Gasteiger partial charge is 0.317 e. The maximum atomic E-state index is 11.9. The van der Waals surface area contributed by atoms with Gasteiger partial charge in [-0.1, -0.05) is 6.92 Å². The summed E-state index contributed by atoms with van der Waals surface area (Å²) in [4.78, 5) is 24.3. The standard InChI is InChI=1S/C12H22N2O4/c1-9(8-18-2)6-13-12(17)14-5-3-4-10(7-14)11(15)16/h9-10H,3-8H2,1-2H3,(H,13,17)(H,15,16)/t9?,10-/m0/s1. The summed E-state index contributed by atoms with van der Waals surface area (Å²) in [6.45, 7) is 4.06. The minimum absolute atomic E-state index is 0.177. The summed E-state index contributed by atoms with van der Waals surface area (Å²) in [6, 6.07) is -0.177. The van der Waals surface area contributed by atoms with Gasteiger partial charge in [-0.25, -0.2) is 4.79 Å². The molecule has 0 radical (unpaired) electrons. The maximum Gasteiger partial charge on any atom is 0.317 e. The highest BCUT2D eigenvalue weighted by molar-refractivity contribution is 5.76. The zero-order valence-corrected chi connectivity index (χ0v) is 11.0. The summed E-state index contributed by atoms with van der Waals surface area (Å²) in [5.74, 6) is -1.000. The maximum absolute atomic E-state index is 11.9. The number of carboxylic acid groups (broad SMARTS) is 1. The van der Waals surface area contributed by atoms with Gasteiger partial charge in [0.25, 0.3) is 0 Å². The molecule has 18 heavy (non-hydrogen) atoms. The Labute approximate surface area is 107 Å². The Balaban J connectivity index is 2.34. The number of ether oxygens (including phenoxy) is 1. The zero-order valence-electron chi connectivity index (χ0n) is 11.0. The molecule has 6 heteroatoms. The van der Waals surface area contributed by atoms with Gasteiger partial charge in [-0.15, -0.1) is 0 Å². The van der Waals surface area contributed by atoms with Crippen LogP contribution in [0.15, 0.2) is 0 Å². The number of likely N-dealkylation sites (tertiary alicyclic amines) is 1. The van der Waals surface area contributed by atoms with E-state index in [1.54, 1.807) is 12.0 Å². The van der Waals surface area contributed by atoms with E-state index in [1.165, 1.54) is 0 Å². The molecule has 2 atom stereocenters. The van der Waals surface area contributed by atoms with Gasteiger partial charge in [0.15, 0.2) is 0 Å². The Bertz CT molecular complexity index is 296. The number of nitrogens with zero attached hydrogens (tertiary/aromatic N) is 1. The summed E-state index contributed by atoms with van der Waals surface area (Å²) < 4.78 is 4.99. The topological polar surface area (TPSA) is 78.9 Å². The summed E-state index contributed by atoms with van der Waals surface area (Å²) in [6.07, 6.45) is 1.40. The van der Waals surface area contributed by atoms with Gasteiger partial charge in [0.05, 0.1) is 12.5 Å². The minimum Gasteiger partial charge on any atom is -0.481 e. The molecule has 1 heterocycles. The number of carbonyl (C=O) groups is 2. The van der Waals surface area contributed by atoms with Crippen molar-refractivity contribution in [1.29, 1.82) is 0 Å². The Hall–Kier alpha value is -1.30. The van der Waals surface area contributed by atoms with E-state index in [4.69, 9.17) is 9.84 Å². The monoisotopic (exact) mass is 258 g/mol. The van der Waals surface area contributed by atoms with Crippen molar-refractivity contribution < 1.29 is 19.4 Å². The molecule has 1 aliphatic rings. The molecule has 0 aliphatic carbocycles. The van der Waals surface area contributed by atoms with Crippen molar-refractivity contribution in [2.75, 3.05) is 33.4 Å². The number of aliphatic carboxylic acids is 1. The lowest BCUT2D eigenvalue weighted by Gasteiger charge is -2.31. The van der Waals surface area contributed by atoms with E-state index in [0.29, 0.717) is 32.7 Å². The molecule has 0 saturated carbocycles. The molecular weight excluding hydrogens is 236 g/mol. The number of rotatable bonds is 5. The fraction of sp³-hybridized carbons (Fsp3) is 0.833. The van der Waals surface area contributed by atoms with Crippen LogP contribution in [0.25, 0.3) is 0 Å². The molecule has 1 rings (SSSR count). The quantitative estimate of drug-likeness (QED) is 0.763. The van der Waals surface area contributed by atoms with E-state index in [1.807, 2.05) is 6.92 Å². The van der Waals surface area contributed by atoms with Crippen LogP contribution in [0.4, 0.5) is 4.79 Å². The van der Waals surface area contributed by atoms with Crippen LogP contribution in [0, 0.1) is 11.8 Å². The summed E-state index contributed by atoms with van der Waals surface area (Å²) in [5.41, 5.74) is 0. The van der Waals surface area contributed by atoms with Gasteiger partial charge < -0.3 is 20.1 Å². The van der Waals surface area contributed by atoms with Gasteiger partial charge in [0.1, 0.15) is 0 Å². The second kappa shape index (κ2) is 7.20. The zero-order chi connectivity index (χ0) is 13.5. The molecular formula is C12H22N2O4.